The molecule has 1 rings (SSSR count). The zero-order chi connectivity index (χ0) is 17.7. The Balaban J connectivity index is 3.11. The number of esters is 1. The molecule has 1 aliphatic rings. The maximum atomic E-state index is 12.5. The normalized spacial score (nSPS) is 28.1. The first kappa shape index (κ1) is 20.1. The first-order chi connectivity index (χ1) is 10.8. The van der Waals surface area contributed by atoms with Gasteiger partial charge in [0.25, 0.3) is 0 Å². The highest BCUT2D eigenvalue weighted by Crippen LogP contribution is 2.47. The minimum Gasteiger partial charge on any atom is -0.469 e. The van der Waals surface area contributed by atoms with E-state index < -0.39 is 21.8 Å². The van der Waals surface area contributed by atoms with E-state index in [1.54, 1.807) is 0 Å². The van der Waals surface area contributed by atoms with Gasteiger partial charge in [-0.15, -0.1) is 29.8 Å². The molecule has 0 aliphatic heterocycles. The lowest BCUT2D eigenvalue weighted by molar-refractivity contribution is -0.174. The number of carbonyl (C=O) groups excluding carboxylic acids is 2. The number of hydrogen-bond donors (Lipinski definition) is 0. The number of ketones is 1. The Morgan fingerprint density at radius 1 is 1.39 bits per heavy atom. The second-order valence-electron chi connectivity index (χ2n) is 4.99. The summed E-state index contributed by atoms with van der Waals surface area (Å²) < 4.78 is 15.4. The van der Waals surface area contributed by atoms with E-state index in [1.807, 2.05) is 0 Å². The molecule has 1 aliphatic carbocycles. The molecule has 23 heavy (non-hydrogen) atoms. The summed E-state index contributed by atoms with van der Waals surface area (Å²) in [4.78, 5) is 26.4. The number of allylic oxidation sites excluding steroid dienone is 1. The molecule has 2 atom stereocenters. The average molecular weight is 366 g/mol. The standard InChI is InChI=1S/C15H21Cl2NO5/c1-5-8-14(17)13(20)11(16)12(15(14,22-3)23-4)18-9-6-7-10(19)21-2/h5,11H,1,6-9H2,2-4H3/t11?,14-/m1/s1. The summed E-state index contributed by atoms with van der Waals surface area (Å²) in [6, 6.07) is 0. The van der Waals surface area contributed by atoms with Crippen molar-refractivity contribution in [1.29, 1.82) is 0 Å². The van der Waals surface area contributed by atoms with Crippen LogP contribution < -0.4 is 0 Å². The van der Waals surface area contributed by atoms with Crippen molar-refractivity contribution in [2.75, 3.05) is 27.9 Å². The predicted molar refractivity (Wildman–Crippen MR) is 88.3 cm³/mol. The van der Waals surface area contributed by atoms with Gasteiger partial charge < -0.3 is 14.2 Å². The monoisotopic (exact) mass is 365 g/mol. The minimum absolute atomic E-state index is 0.111. The lowest BCUT2D eigenvalue weighted by Gasteiger charge is -2.37. The van der Waals surface area contributed by atoms with Gasteiger partial charge in [-0.2, -0.15) is 0 Å². The van der Waals surface area contributed by atoms with Gasteiger partial charge in [0.2, 0.25) is 5.79 Å². The Morgan fingerprint density at radius 3 is 2.48 bits per heavy atom. The van der Waals surface area contributed by atoms with Crippen molar-refractivity contribution >= 4 is 40.7 Å². The van der Waals surface area contributed by atoms with Crippen LogP contribution in [0.2, 0.25) is 0 Å². The van der Waals surface area contributed by atoms with Crippen LogP contribution in [-0.2, 0) is 23.8 Å². The van der Waals surface area contributed by atoms with E-state index >= 15 is 0 Å². The molecular weight excluding hydrogens is 345 g/mol. The number of Topliss-reactive ketones (excluding diaryl/α,β-unsaturated/α-hetero) is 1. The number of rotatable bonds is 8. The third-order valence-electron chi connectivity index (χ3n) is 3.77. The highest BCUT2D eigenvalue weighted by molar-refractivity contribution is 6.56. The molecule has 0 radical (unpaired) electrons. The van der Waals surface area contributed by atoms with Gasteiger partial charge in [0.05, 0.1) is 12.8 Å². The van der Waals surface area contributed by atoms with Crippen LogP contribution in [0.5, 0.6) is 0 Å². The van der Waals surface area contributed by atoms with E-state index in [0.29, 0.717) is 6.42 Å². The average Bonchev–Trinajstić information content (AvgIpc) is 2.70. The van der Waals surface area contributed by atoms with Gasteiger partial charge in [-0.05, 0) is 12.8 Å². The van der Waals surface area contributed by atoms with Crippen LogP contribution in [0.4, 0.5) is 0 Å². The molecule has 1 unspecified atom stereocenters. The molecule has 0 amide bonds. The van der Waals surface area contributed by atoms with E-state index in [2.05, 4.69) is 16.3 Å². The van der Waals surface area contributed by atoms with Crippen LogP contribution in [0.15, 0.2) is 17.6 Å². The van der Waals surface area contributed by atoms with E-state index in [0.717, 1.165) is 0 Å². The number of halogens is 2. The second-order valence-corrected chi connectivity index (χ2v) is 6.07. The van der Waals surface area contributed by atoms with Crippen LogP contribution in [-0.4, -0.2) is 61.4 Å². The van der Waals surface area contributed by atoms with Crippen LogP contribution >= 0.6 is 23.2 Å². The van der Waals surface area contributed by atoms with Crippen molar-refractivity contribution in [3.05, 3.63) is 12.7 Å². The largest absolute Gasteiger partial charge is 0.469 e. The predicted octanol–water partition coefficient (Wildman–Crippen LogP) is 2.11. The molecule has 0 bridgehead atoms. The molecule has 1 fully saturated rings. The molecular formula is C15H21Cl2NO5. The van der Waals surface area contributed by atoms with Crippen molar-refractivity contribution in [3.8, 4) is 0 Å². The van der Waals surface area contributed by atoms with Gasteiger partial charge in [0.1, 0.15) is 5.38 Å². The van der Waals surface area contributed by atoms with E-state index in [4.69, 9.17) is 32.7 Å². The fraction of sp³-hybridized carbons (Fsp3) is 0.667. The summed E-state index contributed by atoms with van der Waals surface area (Å²) in [7, 11) is 4.06. The molecule has 0 aromatic rings. The minimum atomic E-state index is -1.57. The van der Waals surface area contributed by atoms with Crippen molar-refractivity contribution in [2.45, 2.75) is 35.3 Å². The molecule has 130 valence electrons. The number of ether oxygens (including phenoxy) is 3. The highest BCUT2D eigenvalue weighted by Gasteiger charge is 2.68. The number of alkyl halides is 2. The first-order valence-corrected chi connectivity index (χ1v) is 7.86. The SMILES string of the molecule is C=CC[C@@]1(Cl)C(=O)C(Cl)C(=NCCCC(=O)OC)C1(OC)OC. The molecule has 0 aromatic heterocycles. The Kier molecular flexibility index (Phi) is 7.20. The van der Waals surface area contributed by atoms with Crippen LogP contribution in [0.25, 0.3) is 0 Å². The van der Waals surface area contributed by atoms with Crippen molar-refractivity contribution in [3.63, 3.8) is 0 Å². The molecule has 8 heteroatoms. The van der Waals surface area contributed by atoms with Crippen LogP contribution in [0, 0.1) is 0 Å². The van der Waals surface area contributed by atoms with Crippen LogP contribution in [0.1, 0.15) is 19.3 Å². The zero-order valence-electron chi connectivity index (χ0n) is 13.4. The zero-order valence-corrected chi connectivity index (χ0v) is 14.9. The lowest BCUT2D eigenvalue weighted by atomic mass is 9.95. The fourth-order valence-electron chi connectivity index (χ4n) is 2.62. The molecule has 0 heterocycles. The van der Waals surface area contributed by atoms with E-state index in [1.165, 1.54) is 27.4 Å². The summed E-state index contributed by atoms with van der Waals surface area (Å²) >= 11 is 12.7. The summed E-state index contributed by atoms with van der Waals surface area (Å²) in [5.41, 5.74) is 0.205. The lowest BCUT2D eigenvalue weighted by Crippen LogP contribution is -2.55. The maximum Gasteiger partial charge on any atom is 0.305 e. The summed E-state index contributed by atoms with van der Waals surface area (Å²) in [5, 5.41) is -1.06. The van der Waals surface area contributed by atoms with Gasteiger partial charge >= 0.3 is 5.97 Å². The van der Waals surface area contributed by atoms with E-state index in [-0.39, 0.29) is 31.1 Å². The Bertz CT molecular complexity index is 504. The van der Waals surface area contributed by atoms with Gasteiger partial charge in [-0.1, -0.05) is 6.08 Å². The molecule has 6 nitrogen and oxygen atoms in total. The third kappa shape index (κ3) is 3.45. The fourth-order valence-corrected chi connectivity index (χ4v) is 3.54. The van der Waals surface area contributed by atoms with Crippen LogP contribution in [0.3, 0.4) is 0 Å². The number of nitrogens with zero attached hydrogens (tertiary/aromatic N) is 1. The van der Waals surface area contributed by atoms with Crippen molar-refractivity contribution in [1.82, 2.24) is 0 Å². The first-order valence-electron chi connectivity index (χ1n) is 7.04. The van der Waals surface area contributed by atoms with Gasteiger partial charge in [-0.25, -0.2) is 0 Å². The summed E-state index contributed by atoms with van der Waals surface area (Å²) in [6.45, 7) is 3.87. The number of hydrogen-bond acceptors (Lipinski definition) is 6. The number of aliphatic imine (C=N–C) groups is 1. The Labute approximate surface area is 145 Å². The van der Waals surface area contributed by atoms with Crippen molar-refractivity contribution < 1.29 is 23.8 Å². The quantitative estimate of drug-likeness (QED) is 0.216. The topological polar surface area (TPSA) is 74.2 Å². The van der Waals surface area contributed by atoms with Gasteiger partial charge in [0, 0.05) is 27.2 Å². The second kappa shape index (κ2) is 8.24. The number of methoxy groups -OCH3 is 3. The van der Waals surface area contributed by atoms with E-state index in [9.17, 15) is 9.59 Å². The molecule has 0 saturated heterocycles. The number of carbonyl (C=O) groups is 2. The molecule has 0 aromatic carbocycles. The molecule has 0 spiro atoms. The van der Waals surface area contributed by atoms with Gasteiger partial charge in [0.15, 0.2) is 10.7 Å². The maximum absolute atomic E-state index is 12.5. The Morgan fingerprint density at radius 2 is 2.00 bits per heavy atom. The smallest absolute Gasteiger partial charge is 0.305 e. The molecule has 1 saturated carbocycles. The molecule has 0 N–H and O–H groups in total. The summed E-state index contributed by atoms with van der Waals surface area (Å²) in [5.74, 6) is -2.35. The van der Waals surface area contributed by atoms with Gasteiger partial charge in [-0.3, -0.25) is 14.6 Å². The van der Waals surface area contributed by atoms with Crippen molar-refractivity contribution in [2.24, 2.45) is 4.99 Å². The Hall–Kier alpha value is -0.950. The highest BCUT2D eigenvalue weighted by atomic mass is 35.5. The summed E-state index contributed by atoms with van der Waals surface area (Å²) in [6.07, 6.45) is 2.26. The third-order valence-corrected chi connectivity index (χ3v) is 4.76.